The maximum atomic E-state index is 11.2. The fourth-order valence-corrected chi connectivity index (χ4v) is 1.97. The van der Waals surface area contributed by atoms with Gasteiger partial charge in [-0.25, -0.2) is 4.79 Å². The molecule has 0 atom stereocenters. The van der Waals surface area contributed by atoms with Crippen LogP contribution < -0.4 is 5.32 Å². The number of anilines is 1. The van der Waals surface area contributed by atoms with E-state index < -0.39 is 5.97 Å². The molecule has 0 unspecified atom stereocenters. The Labute approximate surface area is 111 Å². The van der Waals surface area contributed by atoms with Gasteiger partial charge in [0.25, 0.3) is 0 Å². The van der Waals surface area contributed by atoms with Gasteiger partial charge in [-0.2, -0.15) is 5.10 Å². The van der Waals surface area contributed by atoms with Gasteiger partial charge in [0, 0.05) is 12.7 Å². The number of para-hydroxylation sites is 1. The van der Waals surface area contributed by atoms with Crippen molar-refractivity contribution in [1.29, 1.82) is 0 Å². The van der Waals surface area contributed by atoms with Crippen LogP contribution in [-0.2, 0) is 6.54 Å². The van der Waals surface area contributed by atoms with E-state index in [4.69, 9.17) is 5.11 Å². The number of rotatable bonds is 5. The highest BCUT2D eigenvalue weighted by atomic mass is 16.4. The van der Waals surface area contributed by atoms with Crippen LogP contribution in [-0.4, -0.2) is 27.4 Å². The average molecular weight is 259 g/mol. The molecule has 0 amide bonds. The van der Waals surface area contributed by atoms with Gasteiger partial charge in [-0.15, -0.1) is 0 Å². The van der Waals surface area contributed by atoms with Crippen molar-refractivity contribution in [3.8, 4) is 0 Å². The summed E-state index contributed by atoms with van der Waals surface area (Å²) in [6, 6.07) is 5.25. The van der Waals surface area contributed by atoms with Crippen LogP contribution in [0.15, 0.2) is 30.6 Å². The van der Waals surface area contributed by atoms with Crippen molar-refractivity contribution in [2.45, 2.75) is 20.4 Å². The van der Waals surface area contributed by atoms with Gasteiger partial charge in [-0.1, -0.05) is 12.1 Å². The first-order chi connectivity index (χ1) is 9.08. The second kappa shape index (κ2) is 5.56. The maximum Gasteiger partial charge on any atom is 0.337 e. The summed E-state index contributed by atoms with van der Waals surface area (Å²) in [7, 11) is 0. The first-order valence-electron chi connectivity index (χ1n) is 6.14. The number of carboxylic acids is 1. The van der Waals surface area contributed by atoms with Gasteiger partial charge in [-0.05, 0) is 31.0 Å². The van der Waals surface area contributed by atoms with E-state index in [-0.39, 0.29) is 0 Å². The lowest BCUT2D eigenvalue weighted by molar-refractivity contribution is 0.0698. The van der Waals surface area contributed by atoms with Crippen LogP contribution in [0.3, 0.4) is 0 Å². The molecule has 1 heterocycles. The van der Waals surface area contributed by atoms with Crippen molar-refractivity contribution >= 4 is 11.7 Å². The smallest absolute Gasteiger partial charge is 0.337 e. The lowest BCUT2D eigenvalue weighted by Crippen LogP contribution is -2.14. The first kappa shape index (κ1) is 13.1. The SMILES string of the molecule is Cc1cnn(CCNc2c(C)cccc2C(=O)O)c1. The Kier molecular flexibility index (Phi) is 3.85. The Balaban J connectivity index is 2.05. The zero-order valence-corrected chi connectivity index (χ0v) is 11.1. The summed E-state index contributed by atoms with van der Waals surface area (Å²) in [4.78, 5) is 11.2. The molecule has 0 saturated heterocycles. The van der Waals surface area contributed by atoms with E-state index >= 15 is 0 Å². The van der Waals surface area contributed by atoms with Crippen molar-refractivity contribution in [2.75, 3.05) is 11.9 Å². The van der Waals surface area contributed by atoms with Crippen LogP contribution in [0.5, 0.6) is 0 Å². The summed E-state index contributed by atoms with van der Waals surface area (Å²) in [6.45, 7) is 5.21. The minimum absolute atomic E-state index is 0.302. The summed E-state index contributed by atoms with van der Waals surface area (Å²) >= 11 is 0. The van der Waals surface area contributed by atoms with E-state index in [0.29, 0.717) is 24.3 Å². The van der Waals surface area contributed by atoms with E-state index in [2.05, 4.69) is 10.4 Å². The number of aromatic nitrogens is 2. The third kappa shape index (κ3) is 3.13. The number of carboxylic acid groups (broad SMARTS) is 1. The summed E-state index contributed by atoms with van der Waals surface area (Å²) in [5.41, 5.74) is 3.02. The number of hydrogen-bond donors (Lipinski definition) is 2. The second-order valence-corrected chi connectivity index (χ2v) is 4.51. The molecule has 0 aliphatic carbocycles. The third-order valence-corrected chi connectivity index (χ3v) is 2.91. The van der Waals surface area contributed by atoms with Gasteiger partial charge >= 0.3 is 5.97 Å². The minimum atomic E-state index is -0.916. The molecule has 100 valence electrons. The van der Waals surface area contributed by atoms with Gasteiger partial charge in [0.05, 0.1) is 24.0 Å². The molecule has 5 heteroatoms. The Morgan fingerprint density at radius 2 is 2.21 bits per heavy atom. The molecule has 2 aromatic rings. The predicted octanol–water partition coefficient (Wildman–Crippen LogP) is 2.31. The van der Waals surface area contributed by atoms with Gasteiger partial charge < -0.3 is 10.4 Å². The molecule has 1 aromatic carbocycles. The van der Waals surface area contributed by atoms with Crippen molar-refractivity contribution in [1.82, 2.24) is 9.78 Å². The van der Waals surface area contributed by atoms with Crippen LogP contribution in [0.4, 0.5) is 5.69 Å². The zero-order valence-electron chi connectivity index (χ0n) is 11.1. The number of hydrogen-bond acceptors (Lipinski definition) is 3. The van der Waals surface area contributed by atoms with Gasteiger partial charge in [-0.3, -0.25) is 4.68 Å². The van der Waals surface area contributed by atoms with Crippen molar-refractivity contribution < 1.29 is 9.90 Å². The number of benzene rings is 1. The highest BCUT2D eigenvalue weighted by Crippen LogP contribution is 2.20. The Bertz CT molecular complexity index is 590. The number of nitrogens with one attached hydrogen (secondary N) is 1. The molecule has 0 fully saturated rings. The summed E-state index contributed by atoms with van der Waals surface area (Å²) < 4.78 is 1.83. The highest BCUT2D eigenvalue weighted by molar-refractivity contribution is 5.95. The largest absolute Gasteiger partial charge is 0.478 e. The number of nitrogens with zero attached hydrogens (tertiary/aromatic N) is 2. The Hall–Kier alpha value is -2.30. The van der Waals surface area contributed by atoms with Crippen LogP contribution in [0.2, 0.25) is 0 Å². The van der Waals surface area contributed by atoms with Crippen LogP contribution in [0, 0.1) is 13.8 Å². The fraction of sp³-hybridized carbons (Fsp3) is 0.286. The van der Waals surface area contributed by atoms with E-state index in [1.165, 1.54) is 0 Å². The molecule has 19 heavy (non-hydrogen) atoms. The fourth-order valence-electron chi connectivity index (χ4n) is 1.97. The molecule has 5 nitrogen and oxygen atoms in total. The maximum absolute atomic E-state index is 11.2. The zero-order chi connectivity index (χ0) is 13.8. The highest BCUT2D eigenvalue weighted by Gasteiger charge is 2.11. The van der Waals surface area contributed by atoms with Crippen LogP contribution >= 0.6 is 0 Å². The normalized spacial score (nSPS) is 10.4. The predicted molar refractivity (Wildman–Crippen MR) is 73.6 cm³/mol. The topological polar surface area (TPSA) is 67.2 Å². The summed E-state index contributed by atoms with van der Waals surface area (Å²) in [6.07, 6.45) is 3.76. The minimum Gasteiger partial charge on any atom is -0.478 e. The second-order valence-electron chi connectivity index (χ2n) is 4.51. The molecule has 0 spiro atoms. The van der Waals surface area contributed by atoms with Crippen LogP contribution in [0.25, 0.3) is 0 Å². The van der Waals surface area contributed by atoms with Crippen molar-refractivity contribution in [2.24, 2.45) is 0 Å². The number of carbonyl (C=O) groups is 1. The molecular weight excluding hydrogens is 242 g/mol. The average Bonchev–Trinajstić information content (AvgIpc) is 2.77. The van der Waals surface area contributed by atoms with E-state index in [1.54, 1.807) is 18.3 Å². The monoisotopic (exact) mass is 259 g/mol. The molecule has 2 rings (SSSR count). The molecule has 0 aliphatic rings. The van der Waals surface area contributed by atoms with E-state index in [9.17, 15) is 4.79 Å². The third-order valence-electron chi connectivity index (χ3n) is 2.91. The molecular formula is C14H17N3O2. The lowest BCUT2D eigenvalue weighted by atomic mass is 10.1. The van der Waals surface area contributed by atoms with Crippen LogP contribution in [0.1, 0.15) is 21.5 Å². The molecule has 0 bridgehead atoms. The Morgan fingerprint density at radius 1 is 1.42 bits per heavy atom. The first-order valence-corrected chi connectivity index (χ1v) is 6.14. The standard InChI is InChI=1S/C14H17N3O2/c1-10-8-16-17(9-10)7-6-15-13-11(2)4-3-5-12(13)14(18)19/h3-5,8-9,15H,6-7H2,1-2H3,(H,18,19). The molecule has 2 N–H and O–H groups in total. The number of aromatic carboxylic acids is 1. The van der Waals surface area contributed by atoms with Gasteiger partial charge in [0.1, 0.15) is 0 Å². The van der Waals surface area contributed by atoms with E-state index in [0.717, 1.165) is 11.1 Å². The van der Waals surface area contributed by atoms with Crippen molar-refractivity contribution in [3.63, 3.8) is 0 Å². The molecule has 0 radical (unpaired) electrons. The molecule has 1 aromatic heterocycles. The quantitative estimate of drug-likeness (QED) is 0.864. The van der Waals surface area contributed by atoms with Gasteiger partial charge in [0.15, 0.2) is 0 Å². The summed E-state index contributed by atoms with van der Waals surface area (Å²) in [5, 5.41) is 16.5. The lowest BCUT2D eigenvalue weighted by Gasteiger charge is -2.12. The molecule has 0 aliphatic heterocycles. The molecule has 0 saturated carbocycles. The van der Waals surface area contributed by atoms with Gasteiger partial charge in [0.2, 0.25) is 0 Å². The summed E-state index contributed by atoms with van der Waals surface area (Å²) in [5.74, 6) is -0.916. The Morgan fingerprint density at radius 3 is 2.84 bits per heavy atom. The van der Waals surface area contributed by atoms with E-state index in [1.807, 2.05) is 30.8 Å². The number of aryl methyl sites for hydroxylation is 2. The van der Waals surface area contributed by atoms with Crippen molar-refractivity contribution in [3.05, 3.63) is 47.3 Å².